The minimum atomic E-state index is 0.0821. The predicted molar refractivity (Wildman–Crippen MR) is 90.5 cm³/mol. The highest BCUT2D eigenvalue weighted by Gasteiger charge is 2.17. The third kappa shape index (κ3) is 3.43. The largest absolute Gasteiger partial charge is 0.496 e. The molecule has 0 heterocycles. The van der Waals surface area contributed by atoms with Crippen LogP contribution in [0.3, 0.4) is 0 Å². The Morgan fingerprint density at radius 3 is 2.40 bits per heavy atom. The lowest BCUT2D eigenvalue weighted by Crippen LogP contribution is -2.18. The van der Waals surface area contributed by atoms with E-state index in [0.29, 0.717) is 0 Å². The van der Waals surface area contributed by atoms with Gasteiger partial charge in [0.25, 0.3) is 0 Å². The van der Waals surface area contributed by atoms with Crippen LogP contribution >= 0.6 is 31.9 Å². The first-order valence-corrected chi connectivity index (χ1v) is 7.91. The molecule has 20 heavy (non-hydrogen) atoms. The van der Waals surface area contributed by atoms with E-state index in [1.54, 1.807) is 7.11 Å². The van der Waals surface area contributed by atoms with Crippen LogP contribution in [0.5, 0.6) is 5.75 Å². The molecule has 0 saturated heterocycles. The maximum absolute atomic E-state index is 5.49. The van der Waals surface area contributed by atoms with Crippen LogP contribution in [0.15, 0.2) is 45.3 Å². The molecule has 2 nitrogen and oxygen atoms in total. The van der Waals surface area contributed by atoms with Crippen LogP contribution < -0.4 is 10.1 Å². The van der Waals surface area contributed by atoms with Gasteiger partial charge < -0.3 is 10.1 Å². The summed E-state index contributed by atoms with van der Waals surface area (Å²) in [6.07, 6.45) is 0. The third-order valence-electron chi connectivity index (χ3n) is 3.19. The highest BCUT2D eigenvalue weighted by molar-refractivity contribution is 9.10. The fraction of sp³-hybridized carbons (Fsp3) is 0.250. The van der Waals surface area contributed by atoms with Gasteiger partial charge in [0.1, 0.15) is 5.75 Å². The van der Waals surface area contributed by atoms with Gasteiger partial charge in [0, 0.05) is 14.5 Å². The average Bonchev–Trinajstić information content (AvgIpc) is 2.39. The third-order valence-corrected chi connectivity index (χ3v) is 4.14. The number of hydrogen-bond donors (Lipinski definition) is 1. The molecule has 0 saturated carbocycles. The molecule has 1 atom stereocenters. The standard InChI is InChI=1S/C16H17Br2NO/c1-10-6-11(8-13(18)7-10)16(19-2)14-9-12(17)4-5-15(14)20-3/h4-9,16,19H,1-3H3. The molecule has 1 N–H and O–H groups in total. The first-order chi connectivity index (χ1) is 9.55. The maximum Gasteiger partial charge on any atom is 0.124 e. The summed E-state index contributed by atoms with van der Waals surface area (Å²) < 4.78 is 7.62. The summed E-state index contributed by atoms with van der Waals surface area (Å²) in [4.78, 5) is 0. The van der Waals surface area contributed by atoms with E-state index in [1.807, 2.05) is 19.2 Å². The quantitative estimate of drug-likeness (QED) is 0.795. The van der Waals surface area contributed by atoms with Crippen molar-refractivity contribution in [2.45, 2.75) is 13.0 Å². The average molecular weight is 399 g/mol. The van der Waals surface area contributed by atoms with E-state index in [9.17, 15) is 0 Å². The molecule has 0 bridgehead atoms. The molecule has 0 aliphatic rings. The number of rotatable bonds is 4. The van der Waals surface area contributed by atoms with Crippen molar-refractivity contribution in [3.8, 4) is 5.75 Å². The number of hydrogen-bond acceptors (Lipinski definition) is 2. The van der Waals surface area contributed by atoms with E-state index < -0.39 is 0 Å². The zero-order valence-electron chi connectivity index (χ0n) is 11.7. The number of nitrogens with one attached hydrogen (secondary N) is 1. The lowest BCUT2D eigenvalue weighted by Gasteiger charge is -2.21. The van der Waals surface area contributed by atoms with Gasteiger partial charge in [-0.05, 0) is 55.4 Å². The van der Waals surface area contributed by atoms with Crippen LogP contribution in [0.4, 0.5) is 0 Å². The lowest BCUT2D eigenvalue weighted by molar-refractivity contribution is 0.405. The molecule has 0 fully saturated rings. The molecule has 0 spiro atoms. The minimum Gasteiger partial charge on any atom is -0.496 e. The number of benzene rings is 2. The summed E-state index contributed by atoms with van der Waals surface area (Å²) in [6, 6.07) is 12.6. The van der Waals surface area contributed by atoms with E-state index in [-0.39, 0.29) is 6.04 Å². The molecule has 0 radical (unpaired) electrons. The molecular formula is C16H17Br2NO. The van der Waals surface area contributed by atoms with E-state index in [4.69, 9.17) is 4.74 Å². The Bertz CT molecular complexity index is 593. The lowest BCUT2D eigenvalue weighted by atomic mass is 9.97. The molecule has 0 amide bonds. The van der Waals surface area contributed by atoms with E-state index in [2.05, 4.69) is 68.4 Å². The van der Waals surface area contributed by atoms with E-state index in [1.165, 1.54) is 11.1 Å². The Kier molecular flexibility index (Phi) is 5.24. The van der Waals surface area contributed by atoms with E-state index in [0.717, 1.165) is 20.3 Å². The monoisotopic (exact) mass is 397 g/mol. The summed E-state index contributed by atoms with van der Waals surface area (Å²) in [7, 11) is 3.66. The van der Waals surface area contributed by atoms with Gasteiger partial charge in [0.2, 0.25) is 0 Å². The highest BCUT2D eigenvalue weighted by Crippen LogP contribution is 2.33. The van der Waals surface area contributed by atoms with Crippen molar-refractivity contribution in [1.29, 1.82) is 0 Å². The second-order valence-electron chi connectivity index (χ2n) is 4.67. The highest BCUT2D eigenvalue weighted by atomic mass is 79.9. The zero-order valence-corrected chi connectivity index (χ0v) is 14.9. The van der Waals surface area contributed by atoms with Crippen molar-refractivity contribution in [2.75, 3.05) is 14.2 Å². The molecule has 0 aliphatic carbocycles. The SMILES string of the molecule is CNC(c1cc(C)cc(Br)c1)c1cc(Br)ccc1OC. The van der Waals surface area contributed by atoms with Crippen LogP contribution in [0.25, 0.3) is 0 Å². The summed E-state index contributed by atoms with van der Waals surface area (Å²) in [6.45, 7) is 2.10. The van der Waals surface area contributed by atoms with Crippen LogP contribution in [-0.4, -0.2) is 14.2 Å². The number of methoxy groups -OCH3 is 1. The summed E-state index contributed by atoms with van der Waals surface area (Å²) in [5.74, 6) is 0.880. The van der Waals surface area contributed by atoms with Gasteiger partial charge in [-0.25, -0.2) is 0 Å². The first-order valence-electron chi connectivity index (χ1n) is 6.33. The van der Waals surface area contributed by atoms with Crippen molar-refractivity contribution in [3.63, 3.8) is 0 Å². The Balaban J connectivity index is 2.54. The molecule has 2 aromatic rings. The van der Waals surface area contributed by atoms with Gasteiger partial charge >= 0.3 is 0 Å². The van der Waals surface area contributed by atoms with Gasteiger partial charge in [-0.15, -0.1) is 0 Å². The summed E-state index contributed by atoms with van der Waals surface area (Å²) in [5, 5.41) is 3.37. The maximum atomic E-state index is 5.49. The molecular weight excluding hydrogens is 382 g/mol. The van der Waals surface area contributed by atoms with Crippen molar-refractivity contribution in [3.05, 3.63) is 62.0 Å². The molecule has 2 aromatic carbocycles. The summed E-state index contributed by atoms with van der Waals surface area (Å²) in [5.41, 5.74) is 3.54. The zero-order chi connectivity index (χ0) is 14.7. The van der Waals surface area contributed by atoms with Gasteiger partial charge in [-0.3, -0.25) is 0 Å². The van der Waals surface area contributed by atoms with Crippen LogP contribution in [0.1, 0.15) is 22.7 Å². The first kappa shape index (κ1) is 15.5. The van der Waals surface area contributed by atoms with Crippen molar-refractivity contribution < 1.29 is 4.74 Å². The van der Waals surface area contributed by atoms with E-state index >= 15 is 0 Å². The number of halogens is 2. The van der Waals surface area contributed by atoms with Crippen molar-refractivity contribution in [2.24, 2.45) is 0 Å². The normalized spacial score (nSPS) is 12.2. The topological polar surface area (TPSA) is 21.3 Å². The number of aryl methyl sites for hydroxylation is 1. The Labute approximate surface area is 136 Å². The Hall–Kier alpha value is -0.840. The van der Waals surface area contributed by atoms with Crippen LogP contribution in [0, 0.1) is 6.92 Å². The predicted octanol–water partition coefficient (Wildman–Crippen LogP) is 4.84. The van der Waals surface area contributed by atoms with Crippen LogP contribution in [-0.2, 0) is 0 Å². The Morgan fingerprint density at radius 1 is 1.05 bits per heavy atom. The molecule has 106 valence electrons. The van der Waals surface area contributed by atoms with Crippen molar-refractivity contribution in [1.82, 2.24) is 5.32 Å². The molecule has 4 heteroatoms. The van der Waals surface area contributed by atoms with Crippen LogP contribution in [0.2, 0.25) is 0 Å². The van der Waals surface area contributed by atoms with Gasteiger partial charge in [-0.2, -0.15) is 0 Å². The second-order valence-corrected chi connectivity index (χ2v) is 6.50. The fourth-order valence-corrected chi connectivity index (χ4v) is 3.37. The number of ether oxygens (including phenoxy) is 1. The summed E-state index contributed by atoms with van der Waals surface area (Å²) >= 11 is 7.10. The molecule has 0 aliphatic heterocycles. The van der Waals surface area contributed by atoms with Gasteiger partial charge in [0.15, 0.2) is 0 Å². The van der Waals surface area contributed by atoms with Crippen molar-refractivity contribution >= 4 is 31.9 Å². The van der Waals surface area contributed by atoms with Gasteiger partial charge in [0.05, 0.1) is 13.2 Å². The molecule has 2 rings (SSSR count). The fourth-order valence-electron chi connectivity index (χ4n) is 2.36. The second kappa shape index (κ2) is 6.74. The van der Waals surface area contributed by atoms with Gasteiger partial charge in [-0.1, -0.05) is 37.9 Å². The molecule has 1 unspecified atom stereocenters. The smallest absolute Gasteiger partial charge is 0.124 e. The molecule has 0 aromatic heterocycles. The Morgan fingerprint density at radius 2 is 1.80 bits per heavy atom. The minimum absolute atomic E-state index is 0.0821.